The van der Waals surface area contributed by atoms with Gasteiger partial charge in [0, 0.05) is 30.9 Å². The van der Waals surface area contributed by atoms with Crippen molar-refractivity contribution in [1.82, 2.24) is 24.7 Å². The minimum absolute atomic E-state index is 0.0715. The Morgan fingerprint density at radius 3 is 3.13 bits per heavy atom. The number of aryl methyl sites for hydroxylation is 1. The fourth-order valence-electron chi connectivity index (χ4n) is 3.33. The second kappa shape index (κ2) is 5.66. The van der Waals surface area contributed by atoms with Gasteiger partial charge in [-0.05, 0) is 26.3 Å². The molecule has 0 spiro atoms. The molecular formula is C16H19N5O2. The maximum atomic E-state index is 12.2. The Morgan fingerprint density at radius 1 is 1.39 bits per heavy atom. The number of hydrogen-bond acceptors (Lipinski definition) is 5. The molecule has 1 saturated heterocycles. The van der Waals surface area contributed by atoms with Gasteiger partial charge in [-0.1, -0.05) is 11.6 Å². The second-order valence-corrected chi connectivity index (χ2v) is 6.09. The first-order chi connectivity index (χ1) is 11.2. The largest absolute Gasteiger partial charge is 0.361 e. The van der Waals surface area contributed by atoms with E-state index < -0.39 is 0 Å². The van der Waals surface area contributed by atoms with Crippen molar-refractivity contribution in [2.75, 3.05) is 6.54 Å². The summed E-state index contributed by atoms with van der Waals surface area (Å²) in [6, 6.07) is 5.57. The highest BCUT2D eigenvalue weighted by Gasteiger charge is 2.26. The molecule has 0 amide bonds. The Labute approximate surface area is 132 Å². The molecule has 1 aliphatic heterocycles. The van der Waals surface area contributed by atoms with Crippen LogP contribution in [0.3, 0.4) is 0 Å². The molecule has 0 unspecified atom stereocenters. The molecule has 0 radical (unpaired) electrons. The lowest BCUT2D eigenvalue weighted by molar-refractivity contribution is 0.134. The van der Waals surface area contributed by atoms with Crippen LogP contribution in [0.15, 0.2) is 33.7 Å². The van der Waals surface area contributed by atoms with Gasteiger partial charge in [-0.3, -0.25) is 14.8 Å². The van der Waals surface area contributed by atoms with Crippen molar-refractivity contribution in [3.63, 3.8) is 0 Å². The third-order valence-electron chi connectivity index (χ3n) is 4.40. The van der Waals surface area contributed by atoms with E-state index in [4.69, 9.17) is 4.52 Å². The van der Waals surface area contributed by atoms with Gasteiger partial charge < -0.3 is 4.52 Å². The molecule has 4 heterocycles. The lowest BCUT2D eigenvalue weighted by atomic mass is 9.99. The number of H-pyrrole nitrogens is 1. The summed E-state index contributed by atoms with van der Waals surface area (Å²) in [4.78, 5) is 19.2. The molecule has 3 aromatic heterocycles. The van der Waals surface area contributed by atoms with E-state index in [1.807, 2.05) is 19.1 Å². The first-order valence-electron chi connectivity index (χ1n) is 7.94. The van der Waals surface area contributed by atoms with Gasteiger partial charge in [-0.15, -0.1) is 0 Å². The summed E-state index contributed by atoms with van der Waals surface area (Å²) in [5.74, 6) is 0.818. The van der Waals surface area contributed by atoms with Crippen molar-refractivity contribution >= 4 is 5.65 Å². The number of hydrogen-bond donors (Lipinski definition) is 1. The van der Waals surface area contributed by atoms with Gasteiger partial charge in [0.25, 0.3) is 5.56 Å². The summed E-state index contributed by atoms with van der Waals surface area (Å²) >= 11 is 0. The maximum Gasteiger partial charge on any atom is 0.272 e. The highest BCUT2D eigenvalue weighted by Crippen LogP contribution is 2.30. The first-order valence-corrected chi connectivity index (χ1v) is 7.94. The van der Waals surface area contributed by atoms with Crippen LogP contribution in [0.25, 0.3) is 5.65 Å². The van der Waals surface area contributed by atoms with Crippen LogP contribution >= 0.6 is 0 Å². The van der Waals surface area contributed by atoms with Crippen LogP contribution < -0.4 is 5.56 Å². The number of rotatable bonds is 3. The molecule has 1 aliphatic rings. The Hall–Kier alpha value is -2.41. The van der Waals surface area contributed by atoms with E-state index in [1.54, 1.807) is 12.3 Å². The quantitative estimate of drug-likeness (QED) is 0.800. The maximum absolute atomic E-state index is 12.2. The normalized spacial score (nSPS) is 19.4. The average Bonchev–Trinajstić information content (AvgIpc) is 3.17. The monoisotopic (exact) mass is 313 g/mol. The van der Waals surface area contributed by atoms with E-state index in [1.165, 1.54) is 4.52 Å². The van der Waals surface area contributed by atoms with Gasteiger partial charge in [0.15, 0.2) is 5.65 Å². The lowest BCUT2D eigenvalue weighted by Crippen LogP contribution is -2.34. The smallest absolute Gasteiger partial charge is 0.272 e. The minimum Gasteiger partial charge on any atom is -0.361 e. The molecular weight excluding hydrogens is 294 g/mol. The summed E-state index contributed by atoms with van der Waals surface area (Å²) in [5, 5.41) is 6.97. The standard InChI is InChI=1S/C16H19N5O2/c1-11-8-12(19-23-11)10-20-7-3-2-4-14(20)13-9-16(22)21-15(18-13)5-6-17-21/h5-6,8-9,14,17H,2-4,7,10H2,1H3/t14-/m1/s1. The van der Waals surface area contributed by atoms with E-state index in [0.29, 0.717) is 5.65 Å². The Morgan fingerprint density at radius 2 is 2.30 bits per heavy atom. The zero-order chi connectivity index (χ0) is 15.8. The SMILES string of the molecule is Cc1cc(CN2CCCC[C@@H]2c2cc(=O)n3[nH]ccc3n2)no1. The molecule has 23 heavy (non-hydrogen) atoms. The van der Waals surface area contributed by atoms with E-state index in [-0.39, 0.29) is 11.6 Å². The number of likely N-dealkylation sites (tertiary alicyclic amines) is 1. The fourth-order valence-corrected chi connectivity index (χ4v) is 3.33. The van der Waals surface area contributed by atoms with Crippen molar-refractivity contribution in [2.45, 2.75) is 38.8 Å². The molecule has 0 aromatic carbocycles. The first kappa shape index (κ1) is 14.2. The third-order valence-corrected chi connectivity index (χ3v) is 4.40. The lowest BCUT2D eigenvalue weighted by Gasteiger charge is -2.34. The zero-order valence-electron chi connectivity index (χ0n) is 13.0. The Balaban J connectivity index is 1.67. The summed E-state index contributed by atoms with van der Waals surface area (Å²) in [7, 11) is 0. The molecule has 0 bridgehead atoms. The molecule has 1 N–H and O–H groups in total. The van der Waals surface area contributed by atoms with Gasteiger partial charge in [-0.25, -0.2) is 9.50 Å². The van der Waals surface area contributed by atoms with Gasteiger partial charge in [0.1, 0.15) is 5.76 Å². The Kier molecular flexibility index (Phi) is 3.49. The average molecular weight is 313 g/mol. The molecule has 120 valence electrons. The van der Waals surface area contributed by atoms with Crippen LogP contribution in [-0.4, -0.2) is 31.2 Å². The van der Waals surface area contributed by atoms with Crippen LogP contribution in [0.2, 0.25) is 0 Å². The number of nitrogens with zero attached hydrogens (tertiary/aromatic N) is 4. The highest BCUT2D eigenvalue weighted by atomic mass is 16.5. The van der Waals surface area contributed by atoms with Crippen molar-refractivity contribution in [1.29, 1.82) is 0 Å². The van der Waals surface area contributed by atoms with Crippen LogP contribution in [-0.2, 0) is 6.54 Å². The number of piperidine rings is 1. The van der Waals surface area contributed by atoms with Crippen molar-refractivity contribution in [2.24, 2.45) is 0 Å². The minimum atomic E-state index is -0.0715. The van der Waals surface area contributed by atoms with E-state index >= 15 is 0 Å². The van der Waals surface area contributed by atoms with E-state index in [9.17, 15) is 4.79 Å². The van der Waals surface area contributed by atoms with Crippen LogP contribution in [0.4, 0.5) is 0 Å². The predicted octanol–water partition coefficient (Wildman–Crippen LogP) is 2.05. The fraction of sp³-hybridized carbons (Fsp3) is 0.438. The second-order valence-electron chi connectivity index (χ2n) is 6.09. The number of aromatic nitrogens is 4. The number of aromatic amines is 1. The van der Waals surface area contributed by atoms with Crippen molar-refractivity contribution in [3.05, 3.63) is 51.9 Å². The van der Waals surface area contributed by atoms with Gasteiger partial charge in [-0.2, -0.15) is 0 Å². The van der Waals surface area contributed by atoms with Crippen LogP contribution in [0.5, 0.6) is 0 Å². The molecule has 1 atom stereocenters. The van der Waals surface area contributed by atoms with Crippen LogP contribution in [0.1, 0.15) is 42.5 Å². The van der Waals surface area contributed by atoms with Gasteiger partial charge in [0.2, 0.25) is 0 Å². The van der Waals surface area contributed by atoms with E-state index in [0.717, 1.165) is 49.5 Å². The molecule has 7 nitrogen and oxygen atoms in total. The third kappa shape index (κ3) is 2.68. The molecule has 7 heteroatoms. The van der Waals surface area contributed by atoms with Crippen molar-refractivity contribution < 1.29 is 4.52 Å². The number of nitrogens with one attached hydrogen (secondary N) is 1. The van der Waals surface area contributed by atoms with Gasteiger partial charge in [0.05, 0.1) is 17.4 Å². The summed E-state index contributed by atoms with van der Waals surface area (Å²) in [5.41, 5.74) is 2.36. The van der Waals surface area contributed by atoms with Gasteiger partial charge >= 0.3 is 0 Å². The summed E-state index contributed by atoms with van der Waals surface area (Å²) in [6.45, 7) is 3.59. The summed E-state index contributed by atoms with van der Waals surface area (Å²) in [6.07, 6.45) is 5.03. The molecule has 0 aliphatic carbocycles. The number of fused-ring (bicyclic) bond motifs is 1. The predicted molar refractivity (Wildman–Crippen MR) is 84.1 cm³/mol. The molecule has 1 fully saturated rings. The molecule has 0 saturated carbocycles. The molecule has 4 rings (SSSR count). The van der Waals surface area contributed by atoms with E-state index in [2.05, 4.69) is 20.1 Å². The molecule has 3 aromatic rings. The van der Waals surface area contributed by atoms with Crippen LogP contribution in [0, 0.1) is 6.92 Å². The van der Waals surface area contributed by atoms with Crippen molar-refractivity contribution in [3.8, 4) is 0 Å². The summed E-state index contributed by atoms with van der Waals surface area (Å²) < 4.78 is 6.62. The highest BCUT2D eigenvalue weighted by molar-refractivity contribution is 5.37. The topological polar surface area (TPSA) is 79.4 Å². The zero-order valence-corrected chi connectivity index (χ0v) is 13.0. The Bertz CT molecular complexity index is 878.